The third-order valence-electron chi connectivity index (χ3n) is 7.91. The minimum absolute atomic E-state index is 0.963. The highest BCUT2D eigenvalue weighted by atomic mass is 15.0. The molecular formula is C37H26N2. The van der Waals surface area contributed by atoms with Gasteiger partial charge in [0.05, 0.1) is 22.1 Å². The van der Waals surface area contributed by atoms with Crippen LogP contribution in [0.15, 0.2) is 146 Å². The number of para-hydroxylation sites is 3. The first kappa shape index (κ1) is 22.0. The Bertz CT molecular complexity index is 2130. The molecule has 0 atom stereocenters. The van der Waals surface area contributed by atoms with Gasteiger partial charge in [-0.1, -0.05) is 85.0 Å². The van der Waals surface area contributed by atoms with Gasteiger partial charge in [-0.15, -0.1) is 0 Å². The highest BCUT2D eigenvalue weighted by molar-refractivity contribution is 6.13. The van der Waals surface area contributed by atoms with Crippen molar-refractivity contribution in [1.29, 1.82) is 0 Å². The number of nitrogens with zero attached hydrogens (tertiary/aromatic N) is 2. The number of rotatable bonds is 3. The molecule has 0 bridgehead atoms. The van der Waals surface area contributed by atoms with E-state index in [0.717, 1.165) is 6.42 Å². The summed E-state index contributed by atoms with van der Waals surface area (Å²) in [6.07, 6.45) is 12.0. The fourth-order valence-electron chi connectivity index (χ4n) is 6.16. The molecule has 2 heterocycles. The lowest BCUT2D eigenvalue weighted by molar-refractivity contribution is 1.18. The van der Waals surface area contributed by atoms with Gasteiger partial charge in [-0.05, 0) is 78.2 Å². The molecule has 5 aromatic carbocycles. The van der Waals surface area contributed by atoms with Crippen molar-refractivity contribution >= 4 is 49.3 Å². The van der Waals surface area contributed by atoms with E-state index in [4.69, 9.17) is 0 Å². The molecule has 184 valence electrons. The van der Waals surface area contributed by atoms with Crippen LogP contribution in [0.4, 0.5) is 0 Å². The Balaban J connectivity index is 1.35. The topological polar surface area (TPSA) is 9.86 Å². The molecule has 1 aliphatic rings. The maximum Gasteiger partial charge on any atom is 0.0541 e. The quantitative estimate of drug-likeness (QED) is 0.229. The first-order valence-electron chi connectivity index (χ1n) is 13.5. The van der Waals surface area contributed by atoms with Crippen molar-refractivity contribution in [3.05, 3.63) is 146 Å². The molecule has 0 saturated heterocycles. The molecule has 1 aliphatic carbocycles. The van der Waals surface area contributed by atoms with Crippen molar-refractivity contribution in [3.63, 3.8) is 0 Å². The molecule has 7 aromatic rings. The van der Waals surface area contributed by atoms with Crippen LogP contribution in [-0.4, -0.2) is 9.13 Å². The third-order valence-corrected chi connectivity index (χ3v) is 7.91. The molecule has 2 aromatic heterocycles. The van der Waals surface area contributed by atoms with Crippen LogP contribution in [0.2, 0.25) is 0 Å². The Morgan fingerprint density at radius 1 is 0.462 bits per heavy atom. The van der Waals surface area contributed by atoms with Crippen molar-refractivity contribution in [3.8, 4) is 16.8 Å². The molecule has 0 unspecified atom stereocenters. The molecule has 0 aliphatic heterocycles. The number of fused-ring (bicyclic) bond motifs is 6. The van der Waals surface area contributed by atoms with Gasteiger partial charge in [-0.2, -0.15) is 0 Å². The lowest BCUT2D eigenvalue weighted by Crippen LogP contribution is -1.94. The predicted molar refractivity (Wildman–Crippen MR) is 166 cm³/mol. The monoisotopic (exact) mass is 498 g/mol. The van der Waals surface area contributed by atoms with Gasteiger partial charge in [-0.25, -0.2) is 0 Å². The lowest BCUT2D eigenvalue weighted by atomic mass is 10.0. The highest BCUT2D eigenvalue weighted by Crippen LogP contribution is 2.38. The van der Waals surface area contributed by atoms with Crippen LogP contribution in [0.5, 0.6) is 0 Å². The van der Waals surface area contributed by atoms with Crippen LogP contribution in [-0.2, 0) is 0 Å². The summed E-state index contributed by atoms with van der Waals surface area (Å²) < 4.78 is 4.75. The molecule has 8 rings (SSSR count). The smallest absolute Gasteiger partial charge is 0.0541 e. The van der Waals surface area contributed by atoms with Gasteiger partial charge in [0.1, 0.15) is 0 Å². The molecule has 0 spiro atoms. The number of hydrogen-bond acceptors (Lipinski definition) is 0. The highest BCUT2D eigenvalue weighted by Gasteiger charge is 2.16. The maximum absolute atomic E-state index is 2.39. The second kappa shape index (κ2) is 8.75. The third kappa shape index (κ3) is 3.42. The minimum Gasteiger partial charge on any atom is -0.309 e. The summed E-state index contributed by atoms with van der Waals surface area (Å²) in [7, 11) is 0. The zero-order valence-electron chi connectivity index (χ0n) is 21.5. The summed E-state index contributed by atoms with van der Waals surface area (Å²) in [6.45, 7) is 0. The molecule has 2 nitrogen and oxygen atoms in total. The van der Waals surface area contributed by atoms with Crippen molar-refractivity contribution < 1.29 is 0 Å². The van der Waals surface area contributed by atoms with Crippen molar-refractivity contribution in [1.82, 2.24) is 9.13 Å². The minimum atomic E-state index is 0.963. The average Bonchev–Trinajstić information content (AvgIpc) is 3.35. The summed E-state index contributed by atoms with van der Waals surface area (Å²) in [5.41, 5.74) is 9.75. The maximum atomic E-state index is 2.39. The normalized spacial score (nSPS) is 13.5. The Morgan fingerprint density at radius 2 is 1.03 bits per heavy atom. The van der Waals surface area contributed by atoms with Gasteiger partial charge in [-0.3, -0.25) is 0 Å². The van der Waals surface area contributed by atoms with E-state index in [1.807, 2.05) is 0 Å². The summed E-state index contributed by atoms with van der Waals surface area (Å²) in [5.74, 6) is 0. The van der Waals surface area contributed by atoms with E-state index in [1.165, 1.54) is 66.1 Å². The lowest BCUT2D eigenvalue weighted by Gasteiger charge is -2.09. The Labute approximate surface area is 227 Å². The van der Waals surface area contributed by atoms with E-state index >= 15 is 0 Å². The molecule has 39 heavy (non-hydrogen) atoms. The predicted octanol–water partition coefficient (Wildman–Crippen LogP) is 9.92. The molecular weight excluding hydrogens is 472 g/mol. The van der Waals surface area contributed by atoms with E-state index in [9.17, 15) is 0 Å². The molecule has 0 fully saturated rings. The van der Waals surface area contributed by atoms with Crippen LogP contribution in [0, 0.1) is 0 Å². The van der Waals surface area contributed by atoms with Crippen LogP contribution >= 0.6 is 0 Å². The Hall–Kier alpha value is -5.08. The van der Waals surface area contributed by atoms with E-state index in [2.05, 4.69) is 155 Å². The zero-order valence-corrected chi connectivity index (χ0v) is 21.5. The van der Waals surface area contributed by atoms with E-state index in [1.54, 1.807) is 0 Å². The summed E-state index contributed by atoms with van der Waals surface area (Å²) >= 11 is 0. The van der Waals surface area contributed by atoms with Crippen molar-refractivity contribution in [2.24, 2.45) is 0 Å². The van der Waals surface area contributed by atoms with Crippen molar-refractivity contribution in [2.45, 2.75) is 6.42 Å². The van der Waals surface area contributed by atoms with Crippen molar-refractivity contribution in [2.75, 3.05) is 0 Å². The second-order valence-electron chi connectivity index (χ2n) is 10.2. The van der Waals surface area contributed by atoms with Gasteiger partial charge in [0.2, 0.25) is 0 Å². The largest absolute Gasteiger partial charge is 0.309 e. The Kier molecular flexibility index (Phi) is 4.92. The number of hydrogen-bond donors (Lipinski definition) is 0. The fraction of sp³-hybridized carbons (Fsp3) is 0.0270. The van der Waals surface area contributed by atoms with E-state index < -0.39 is 0 Å². The fourth-order valence-corrected chi connectivity index (χ4v) is 6.16. The van der Waals surface area contributed by atoms with Gasteiger partial charge < -0.3 is 9.13 Å². The zero-order chi connectivity index (χ0) is 25.8. The molecule has 0 amide bonds. The molecule has 2 heteroatoms. The Morgan fingerprint density at radius 3 is 1.72 bits per heavy atom. The number of aromatic nitrogens is 2. The van der Waals surface area contributed by atoms with E-state index in [0.29, 0.717) is 0 Å². The van der Waals surface area contributed by atoms with Gasteiger partial charge in [0, 0.05) is 32.9 Å². The first-order valence-corrected chi connectivity index (χ1v) is 13.5. The first-order chi connectivity index (χ1) is 19.4. The number of allylic oxidation sites excluding steroid dienone is 6. The SMILES string of the molecule is C1=CCC=CC(n2c3ccccc3c3cc(-c4ccc5c(c4)c4ccccc4n5-c4ccccc4)ccc32)=C1. The summed E-state index contributed by atoms with van der Waals surface area (Å²) in [5, 5.41) is 5.10. The number of benzene rings is 5. The van der Waals surface area contributed by atoms with Crippen LogP contribution in [0.1, 0.15) is 6.42 Å². The van der Waals surface area contributed by atoms with Crippen LogP contribution in [0.3, 0.4) is 0 Å². The molecule has 0 radical (unpaired) electrons. The second-order valence-corrected chi connectivity index (χ2v) is 10.2. The molecule has 0 saturated carbocycles. The van der Waals surface area contributed by atoms with Gasteiger partial charge >= 0.3 is 0 Å². The summed E-state index contributed by atoms with van der Waals surface area (Å²) in [6, 6.07) is 41.9. The average molecular weight is 499 g/mol. The summed E-state index contributed by atoms with van der Waals surface area (Å²) in [4.78, 5) is 0. The van der Waals surface area contributed by atoms with Gasteiger partial charge in [0.15, 0.2) is 0 Å². The van der Waals surface area contributed by atoms with Gasteiger partial charge in [0.25, 0.3) is 0 Å². The standard InChI is InChI=1S/C37H26N2/c1-2-5-13-28(12-4-1)38-34-18-10-8-16-30(34)32-24-26(20-22-36(32)38)27-21-23-37-33(25-27)31-17-9-11-19-35(31)39(37)29-14-6-3-7-15-29/h1,3-25H,2H2. The van der Waals surface area contributed by atoms with Crippen LogP contribution in [0.25, 0.3) is 66.1 Å². The van der Waals surface area contributed by atoms with Crippen LogP contribution < -0.4 is 0 Å². The van der Waals surface area contributed by atoms with E-state index in [-0.39, 0.29) is 0 Å². The molecule has 0 N–H and O–H groups in total.